The second-order valence-corrected chi connectivity index (χ2v) is 6.27. The van der Waals surface area contributed by atoms with Crippen LogP contribution in [-0.2, 0) is 17.6 Å². The maximum absolute atomic E-state index is 12.3. The number of β-amino-alcohol motifs (C(OH)–C–C–N with tert-alkyl or cyclic N) is 1. The molecule has 124 valence electrons. The molecule has 1 saturated heterocycles. The zero-order valence-electron chi connectivity index (χ0n) is 12.7. The molecule has 8 heteroatoms. The molecule has 2 aromatic heterocycles. The Morgan fingerprint density at radius 1 is 1.35 bits per heavy atom. The molecule has 2 atom stereocenters. The van der Waals surface area contributed by atoms with E-state index in [9.17, 15) is 9.90 Å². The van der Waals surface area contributed by atoms with Gasteiger partial charge in [-0.3, -0.25) is 4.79 Å². The second kappa shape index (κ2) is 6.72. The predicted molar refractivity (Wildman–Crippen MR) is 80.9 cm³/mol. The largest absolute Gasteiger partial charge is 0.391 e. The zero-order chi connectivity index (χ0) is 16.4. The molecule has 23 heavy (non-hydrogen) atoms. The lowest BCUT2D eigenvalue weighted by Crippen LogP contribution is -2.29. The van der Waals surface area contributed by atoms with Crippen LogP contribution >= 0.6 is 11.6 Å². The summed E-state index contributed by atoms with van der Waals surface area (Å²) < 4.78 is 10.2. The highest BCUT2D eigenvalue weighted by Gasteiger charge is 2.34. The van der Waals surface area contributed by atoms with Crippen molar-refractivity contribution in [2.45, 2.75) is 32.3 Å². The lowest BCUT2D eigenvalue weighted by molar-refractivity contribution is -0.130. The van der Waals surface area contributed by atoms with E-state index in [-0.39, 0.29) is 17.0 Å². The highest BCUT2D eigenvalue weighted by molar-refractivity contribution is 6.29. The topological polar surface area (TPSA) is 92.6 Å². The van der Waals surface area contributed by atoms with Crippen molar-refractivity contribution in [3.63, 3.8) is 0 Å². The summed E-state index contributed by atoms with van der Waals surface area (Å²) >= 11 is 5.67. The molecule has 1 amide bonds. The van der Waals surface area contributed by atoms with Gasteiger partial charge in [-0.15, -0.1) is 0 Å². The first-order valence-corrected chi connectivity index (χ1v) is 7.88. The summed E-state index contributed by atoms with van der Waals surface area (Å²) in [7, 11) is 0. The van der Waals surface area contributed by atoms with Crippen LogP contribution in [-0.4, -0.2) is 45.4 Å². The van der Waals surface area contributed by atoms with Crippen LogP contribution in [0.25, 0.3) is 0 Å². The summed E-state index contributed by atoms with van der Waals surface area (Å²) in [6.45, 7) is 2.70. The van der Waals surface area contributed by atoms with Crippen molar-refractivity contribution in [3.05, 3.63) is 34.5 Å². The lowest BCUT2D eigenvalue weighted by atomic mass is 10.0. The van der Waals surface area contributed by atoms with Crippen LogP contribution in [0.2, 0.25) is 5.15 Å². The van der Waals surface area contributed by atoms with E-state index in [1.807, 2.05) is 13.0 Å². The van der Waals surface area contributed by atoms with Crippen molar-refractivity contribution >= 4 is 17.5 Å². The number of aliphatic hydroxyl groups excluding tert-OH is 1. The Morgan fingerprint density at radius 3 is 2.78 bits per heavy atom. The van der Waals surface area contributed by atoms with Gasteiger partial charge in [0.25, 0.3) is 0 Å². The van der Waals surface area contributed by atoms with E-state index in [0.29, 0.717) is 38.1 Å². The third kappa shape index (κ3) is 3.92. The van der Waals surface area contributed by atoms with Crippen molar-refractivity contribution in [2.24, 2.45) is 5.92 Å². The van der Waals surface area contributed by atoms with Gasteiger partial charge in [0.2, 0.25) is 5.91 Å². The number of halogens is 1. The van der Waals surface area contributed by atoms with Gasteiger partial charge in [-0.05, 0) is 6.92 Å². The van der Waals surface area contributed by atoms with E-state index in [4.69, 9.17) is 20.6 Å². The fourth-order valence-corrected chi connectivity index (χ4v) is 2.98. The van der Waals surface area contributed by atoms with Crippen LogP contribution in [0, 0.1) is 12.8 Å². The minimum Gasteiger partial charge on any atom is -0.391 e. The lowest BCUT2D eigenvalue weighted by Gasteiger charge is -2.15. The fraction of sp³-hybridized carbons (Fsp3) is 0.533. The predicted octanol–water partition coefficient (Wildman–Crippen LogP) is 1.62. The molecule has 3 heterocycles. The number of amides is 1. The maximum Gasteiger partial charge on any atom is 0.223 e. The Morgan fingerprint density at radius 2 is 2.13 bits per heavy atom. The number of aromatic nitrogens is 2. The smallest absolute Gasteiger partial charge is 0.223 e. The first-order chi connectivity index (χ1) is 11.0. The maximum atomic E-state index is 12.3. The van der Waals surface area contributed by atoms with E-state index in [1.165, 1.54) is 0 Å². The van der Waals surface area contributed by atoms with E-state index >= 15 is 0 Å². The van der Waals surface area contributed by atoms with Crippen LogP contribution in [0.5, 0.6) is 0 Å². The van der Waals surface area contributed by atoms with Crippen molar-refractivity contribution in [1.29, 1.82) is 0 Å². The number of carbonyl (C=O) groups excluding carboxylic acids is 1. The summed E-state index contributed by atoms with van der Waals surface area (Å²) in [5.74, 6) is 1.26. The van der Waals surface area contributed by atoms with Gasteiger partial charge in [-0.2, -0.15) is 0 Å². The molecule has 0 saturated carbocycles. The fourth-order valence-electron chi connectivity index (χ4n) is 2.82. The third-order valence-electron chi connectivity index (χ3n) is 4.01. The summed E-state index contributed by atoms with van der Waals surface area (Å²) in [6, 6.07) is 3.45. The first-order valence-electron chi connectivity index (χ1n) is 7.50. The van der Waals surface area contributed by atoms with Gasteiger partial charge in [-0.25, -0.2) is 0 Å². The molecular weight excluding hydrogens is 322 g/mol. The Labute approximate surface area is 138 Å². The van der Waals surface area contributed by atoms with Gasteiger partial charge in [-0.1, -0.05) is 21.9 Å². The summed E-state index contributed by atoms with van der Waals surface area (Å²) in [4.78, 5) is 13.9. The number of hydrogen-bond acceptors (Lipinski definition) is 6. The number of likely N-dealkylation sites (tertiary alicyclic amines) is 1. The van der Waals surface area contributed by atoms with Crippen LogP contribution in [0.3, 0.4) is 0 Å². The van der Waals surface area contributed by atoms with Gasteiger partial charge in [0.15, 0.2) is 5.15 Å². The molecule has 0 radical (unpaired) electrons. The van der Waals surface area contributed by atoms with Gasteiger partial charge in [0.1, 0.15) is 11.5 Å². The second-order valence-electron chi connectivity index (χ2n) is 5.88. The number of carbonyl (C=O) groups is 1. The molecule has 7 nitrogen and oxygen atoms in total. The van der Waals surface area contributed by atoms with Crippen LogP contribution in [0.15, 0.2) is 21.2 Å². The highest BCUT2D eigenvalue weighted by atomic mass is 35.5. The summed E-state index contributed by atoms with van der Waals surface area (Å²) in [6.07, 6.45) is 0.761. The molecule has 0 bridgehead atoms. The summed E-state index contributed by atoms with van der Waals surface area (Å²) in [5.41, 5.74) is 0.811. The number of aliphatic hydroxyl groups is 1. The Hall–Kier alpha value is -1.86. The molecule has 0 unspecified atom stereocenters. The monoisotopic (exact) mass is 339 g/mol. The molecule has 0 spiro atoms. The van der Waals surface area contributed by atoms with Crippen LogP contribution < -0.4 is 0 Å². The van der Waals surface area contributed by atoms with E-state index in [0.717, 1.165) is 11.5 Å². The molecule has 0 aromatic carbocycles. The molecule has 1 fully saturated rings. The average Bonchev–Trinajstić information content (AvgIpc) is 3.20. The number of nitrogens with zero attached hydrogens (tertiary/aromatic N) is 3. The Kier molecular flexibility index (Phi) is 4.68. The first kappa shape index (κ1) is 16.0. The normalized spacial score (nSPS) is 21.1. The molecular formula is C15H18ClN3O4. The summed E-state index contributed by atoms with van der Waals surface area (Å²) in [5, 5.41) is 17.9. The minimum atomic E-state index is -0.552. The van der Waals surface area contributed by atoms with Gasteiger partial charge >= 0.3 is 0 Å². The molecule has 3 rings (SSSR count). The van der Waals surface area contributed by atoms with E-state index < -0.39 is 6.10 Å². The minimum absolute atomic E-state index is 0.0205. The Bertz CT molecular complexity index is 684. The molecule has 1 aliphatic heterocycles. The standard InChI is InChI=1S/C15H18ClN3O4/c1-9-4-12(23-17-9)5-10-7-19(8-13(10)20)15(21)3-2-11-6-14(16)18-22-11/h4,6,10,13,20H,2-3,5,7-8H2,1H3/t10-,13+/m1/s1. The van der Waals surface area contributed by atoms with Crippen LogP contribution in [0.4, 0.5) is 0 Å². The quantitative estimate of drug-likeness (QED) is 0.889. The van der Waals surface area contributed by atoms with Gasteiger partial charge in [0.05, 0.1) is 11.8 Å². The number of aryl methyl sites for hydroxylation is 2. The molecule has 0 aliphatic carbocycles. The molecule has 2 aromatic rings. The highest BCUT2D eigenvalue weighted by Crippen LogP contribution is 2.23. The van der Waals surface area contributed by atoms with Crippen molar-refractivity contribution in [3.8, 4) is 0 Å². The zero-order valence-corrected chi connectivity index (χ0v) is 13.5. The van der Waals surface area contributed by atoms with E-state index in [1.54, 1.807) is 11.0 Å². The Balaban J connectivity index is 1.51. The average molecular weight is 340 g/mol. The third-order valence-corrected chi connectivity index (χ3v) is 4.19. The van der Waals surface area contributed by atoms with Crippen molar-refractivity contribution in [1.82, 2.24) is 15.2 Å². The molecule has 1 N–H and O–H groups in total. The van der Waals surface area contributed by atoms with Crippen molar-refractivity contribution in [2.75, 3.05) is 13.1 Å². The van der Waals surface area contributed by atoms with Crippen LogP contribution in [0.1, 0.15) is 23.6 Å². The number of rotatable bonds is 5. The van der Waals surface area contributed by atoms with Gasteiger partial charge in [0, 0.05) is 50.4 Å². The molecule has 1 aliphatic rings. The number of hydrogen-bond donors (Lipinski definition) is 1. The van der Waals surface area contributed by atoms with Gasteiger partial charge < -0.3 is 19.1 Å². The SMILES string of the molecule is Cc1cc(C[C@@H]2CN(C(=O)CCc3cc(Cl)no3)C[C@@H]2O)on1. The van der Waals surface area contributed by atoms with Crippen molar-refractivity contribution < 1.29 is 18.9 Å². The van der Waals surface area contributed by atoms with E-state index in [2.05, 4.69) is 10.3 Å².